The molecular formula is C14H23N4S+. The van der Waals surface area contributed by atoms with E-state index >= 15 is 0 Å². The lowest BCUT2D eigenvalue weighted by Crippen LogP contribution is -3.12. The lowest BCUT2D eigenvalue weighted by atomic mass is 10.1. The van der Waals surface area contributed by atoms with Crippen LogP contribution >= 0.6 is 12.2 Å². The van der Waals surface area contributed by atoms with Gasteiger partial charge in [-0.3, -0.25) is 5.43 Å². The lowest BCUT2D eigenvalue weighted by molar-refractivity contribution is -0.884. The summed E-state index contributed by atoms with van der Waals surface area (Å²) in [5, 5.41) is 6.14. The zero-order valence-electron chi connectivity index (χ0n) is 11.9. The molecule has 1 saturated heterocycles. The van der Waals surface area contributed by atoms with Crippen LogP contribution in [0.3, 0.4) is 0 Å². The van der Waals surface area contributed by atoms with E-state index in [0.29, 0.717) is 5.11 Å². The smallest absolute Gasteiger partial charge is 0.185 e. The van der Waals surface area contributed by atoms with Crippen molar-refractivity contribution in [2.45, 2.75) is 13.8 Å². The first-order valence-corrected chi connectivity index (χ1v) is 7.16. The Morgan fingerprint density at radius 1 is 1.26 bits per heavy atom. The highest BCUT2D eigenvalue weighted by Crippen LogP contribution is 2.16. The molecule has 1 aromatic rings. The van der Waals surface area contributed by atoms with Crippen LogP contribution in [0.2, 0.25) is 0 Å². The van der Waals surface area contributed by atoms with Crippen LogP contribution in [0.1, 0.15) is 11.1 Å². The van der Waals surface area contributed by atoms with Crippen LogP contribution in [-0.2, 0) is 0 Å². The maximum Gasteiger partial charge on any atom is 0.185 e. The van der Waals surface area contributed by atoms with Gasteiger partial charge in [-0.2, -0.15) is 0 Å². The second kappa shape index (κ2) is 6.32. The highest BCUT2D eigenvalue weighted by Gasteiger charge is 2.17. The minimum absolute atomic E-state index is 0.674. The number of rotatable bonds is 2. The maximum absolute atomic E-state index is 5.38. The van der Waals surface area contributed by atoms with E-state index in [1.54, 1.807) is 4.90 Å². The Balaban J connectivity index is 1.89. The van der Waals surface area contributed by atoms with Gasteiger partial charge in [0.15, 0.2) is 5.11 Å². The molecule has 0 saturated carbocycles. The van der Waals surface area contributed by atoms with Crippen LogP contribution in [0.25, 0.3) is 0 Å². The number of quaternary nitrogens is 1. The van der Waals surface area contributed by atoms with Crippen molar-refractivity contribution >= 4 is 23.0 Å². The SMILES string of the molecule is Cc1ccc(C)c(NC(=S)NN2CC[NH+](C)CC2)c1. The molecular weight excluding hydrogens is 256 g/mol. The molecule has 0 unspecified atom stereocenters. The number of anilines is 1. The molecule has 1 aliphatic rings. The summed E-state index contributed by atoms with van der Waals surface area (Å²) in [6, 6.07) is 6.34. The fourth-order valence-corrected chi connectivity index (χ4v) is 2.40. The molecule has 1 heterocycles. The molecule has 0 bridgehead atoms. The normalized spacial score (nSPS) is 17.2. The number of likely N-dealkylation sites (N-methyl/N-ethyl adjacent to an activating group) is 1. The van der Waals surface area contributed by atoms with Gasteiger partial charge in [0.2, 0.25) is 0 Å². The van der Waals surface area contributed by atoms with Gasteiger partial charge in [0.05, 0.1) is 33.2 Å². The number of nitrogens with one attached hydrogen (secondary N) is 3. The summed E-state index contributed by atoms with van der Waals surface area (Å²) in [7, 11) is 2.23. The van der Waals surface area contributed by atoms with Gasteiger partial charge in [0.1, 0.15) is 0 Å². The number of thiocarbonyl (C=S) groups is 1. The van der Waals surface area contributed by atoms with Gasteiger partial charge in [0, 0.05) is 5.69 Å². The molecule has 2 rings (SSSR count). The van der Waals surface area contributed by atoms with Gasteiger partial charge < -0.3 is 10.2 Å². The van der Waals surface area contributed by atoms with Crippen molar-refractivity contribution in [1.82, 2.24) is 10.4 Å². The van der Waals surface area contributed by atoms with E-state index in [4.69, 9.17) is 12.2 Å². The molecule has 0 amide bonds. The standard InChI is InChI=1S/C14H22N4S/c1-11-4-5-12(2)13(10-11)15-14(19)16-18-8-6-17(3)7-9-18/h4-5,10H,6-9H2,1-3H3,(H2,15,16,19)/p+1. The summed E-state index contributed by atoms with van der Waals surface area (Å²) in [5.41, 5.74) is 6.80. The van der Waals surface area contributed by atoms with E-state index in [2.05, 4.69) is 54.8 Å². The highest BCUT2D eigenvalue weighted by molar-refractivity contribution is 7.80. The van der Waals surface area contributed by atoms with Gasteiger partial charge >= 0.3 is 0 Å². The molecule has 1 aromatic carbocycles. The van der Waals surface area contributed by atoms with Crippen molar-refractivity contribution in [3.63, 3.8) is 0 Å². The van der Waals surface area contributed by atoms with E-state index < -0.39 is 0 Å². The number of hydrazine groups is 1. The molecule has 3 N–H and O–H groups in total. The van der Waals surface area contributed by atoms with Crippen LogP contribution < -0.4 is 15.6 Å². The van der Waals surface area contributed by atoms with Gasteiger partial charge in [-0.1, -0.05) is 12.1 Å². The Kier molecular flexibility index (Phi) is 4.74. The fraction of sp³-hybridized carbons (Fsp3) is 0.500. The summed E-state index contributed by atoms with van der Waals surface area (Å²) < 4.78 is 0. The first-order chi connectivity index (χ1) is 9.04. The van der Waals surface area contributed by atoms with Crippen molar-refractivity contribution in [2.75, 3.05) is 38.5 Å². The van der Waals surface area contributed by atoms with Gasteiger partial charge in [-0.15, -0.1) is 0 Å². The third-order valence-electron chi connectivity index (χ3n) is 3.52. The highest BCUT2D eigenvalue weighted by atomic mass is 32.1. The van der Waals surface area contributed by atoms with Gasteiger partial charge in [-0.25, -0.2) is 5.01 Å². The zero-order valence-corrected chi connectivity index (χ0v) is 12.7. The summed E-state index contributed by atoms with van der Waals surface area (Å²) in [4.78, 5) is 1.58. The van der Waals surface area contributed by atoms with Crippen LogP contribution in [0, 0.1) is 13.8 Å². The lowest BCUT2D eigenvalue weighted by Gasteiger charge is -2.31. The molecule has 104 valence electrons. The molecule has 5 heteroatoms. The Morgan fingerprint density at radius 3 is 2.63 bits per heavy atom. The summed E-state index contributed by atoms with van der Waals surface area (Å²) >= 11 is 5.38. The van der Waals surface area contributed by atoms with Crippen molar-refractivity contribution in [3.8, 4) is 0 Å². The summed E-state index contributed by atoms with van der Waals surface area (Å²) in [6.45, 7) is 8.53. The Hall–Kier alpha value is -1.17. The average molecular weight is 279 g/mol. The quantitative estimate of drug-likeness (QED) is 0.682. The monoisotopic (exact) mass is 279 g/mol. The summed E-state index contributed by atoms with van der Waals surface area (Å²) in [5.74, 6) is 0. The van der Waals surface area contributed by atoms with E-state index in [9.17, 15) is 0 Å². The van der Waals surface area contributed by atoms with Gasteiger partial charge in [0.25, 0.3) is 0 Å². The van der Waals surface area contributed by atoms with E-state index in [1.807, 2.05) is 0 Å². The van der Waals surface area contributed by atoms with Crippen LogP contribution in [0.5, 0.6) is 0 Å². The number of nitrogens with zero attached hydrogens (tertiary/aromatic N) is 1. The molecule has 19 heavy (non-hydrogen) atoms. The second-order valence-electron chi connectivity index (χ2n) is 5.33. The molecule has 0 radical (unpaired) electrons. The number of aryl methyl sites for hydroxylation is 2. The minimum Gasteiger partial charge on any atom is -0.335 e. The van der Waals surface area contributed by atoms with Crippen LogP contribution in [0.4, 0.5) is 5.69 Å². The Bertz CT molecular complexity index is 453. The molecule has 0 aromatic heterocycles. The second-order valence-corrected chi connectivity index (χ2v) is 5.74. The molecule has 4 nitrogen and oxygen atoms in total. The van der Waals surface area contributed by atoms with Crippen LogP contribution in [-0.4, -0.2) is 43.3 Å². The number of benzene rings is 1. The fourth-order valence-electron chi connectivity index (χ4n) is 2.16. The molecule has 0 atom stereocenters. The van der Waals surface area contributed by atoms with E-state index in [1.165, 1.54) is 11.1 Å². The number of piperazine rings is 1. The third kappa shape index (κ3) is 4.16. The minimum atomic E-state index is 0.674. The van der Waals surface area contributed by atoms with Gasteiger partial charge in [-0.05, 0) is 43.3 Å². The van der Waals surface area contributed by atoms with Crippen LogP contribution in [0.15, 0.2) is 18.2 Å². The zero-order chi connectivity index (χ0) is 13.8. The molecule has 1 aliphatic heterocycles. The molecule has 0 aliphatic carbocycles. The van der Waals surface area contributed by atoms with Crippen molar-refractivity contribution in [1.29, 1.82) is 0 Å². The average Bonchev–Trinajstić information content (AvgIpc) is 2.37. The predicted octanol–water partition coefficient (Wildman–Crippen LogP) is 0.335. The predicted molar refractivity (Wildman–Crippen MR) is 83.5 cm³/mol. The Morgan fingerprint density at radius 2 is 1.95 bits per heavy atom. The number of hydrogen-bond acceptors (Lipinski definition) is 2. The Labute approximate surface area is 120 Å². The van der Waals surface area contributed by atoms with Crippen molar-refractivity contribution in [2.24, 2.45) is 0 Å². The third-order valence-corrected chi connectivity index (χ3v) is 3.71. The first-order valence-electron chi connectivity index (χ1n) is 6.76. The van der Waals surface area contributed by atoms with E-state index in [-0.39, 0.29) is 0 Å². The van der Waals surface area contributed by atoms with Crippen molar-refractivity contribution in [3.05, 3.63) is 29.3 Å². The summed E-state index contributed by atoms with van der Waals surface area (Å²) in [6.07, 6.45) is 0. The van der Waals surface area contributed by atoms with Crippen molar-refractivity contribution < 1.29 is 4.90 Å². The molecule has 0 spiro atoms. The van der Waals surface area contributed by atoms with E-state index in [0.717, 1.165) is 31.9 Å². The maximum atomic E-state index is 5.38. The molecule has 1 fully saturated rings. The topological polar surface area (TPSA) is 31.7 Å². The largest absolute Gasteiger partial charge is 0.335 e. The first kappa shape index (κ1) is 14.2. The number of hydrogen-bond donors (Lipinski definition) is 3.